The van der Waals surface area contributed by atoms with Gasteiger partial charge in [0.05, 0.1) is 5.56 Å². The number of hydrogen-bond acceptors (Lipinski definition) is 4. The van der Waals surface area contributed by atoms with Crippen molar-refractivity contribution < 1.29 is 9.53 Å². The quantitative estimate of drug-likeness (QED) is 0.823. The maximum absolute atomic E-state index is 11.0. The highest BCUT2D eigenvalue weighted by atomic mass is 16.5. The standard InChI is InChI=1S/C17H21N3O2/c1-12(2)19-10-9-13-3-6-15(7-4-13)22-16-8-5-14(11-20-16)17(18)21/h3-8,11-12,19H,9-10H2,1-2H3,(H2,18,21). The number of ether oxygens (including phenoxy) is 1. The number of nitrogens with zero attached hydrogens (tertiary/aromatic N) is 1. The van der Waals surface area contributed by atoms with Crippen LogP contribution in [0.2, 0.25) is 0 Å². The molecule has 1 heterocycles. The molecule has 3 N–H and O–H groups in total. The van der Waals surface area contributed by atoms with Gasteiger partial charge in [-0.2, -0.15) is 0 Å². The summed E-state index contributed by atoms with van der Waals surface area (Å²) in [5.74, 6) is 0.637. The summed E-state index contributed by atoms with van der Waals surface area (Å²) in [4.78, 5) is 15.0. The van der Waals surface area contributed by atoms with Crippen LogP contribution in [0.3, 0.4) is 0 Å². The van der Waals surface area contributed by atoms with Crippen molar-refractivity contribution in [2.45, 2.75) is 26.3 Å². The Morgan fingerprint density at radius 1 is 1.23 bits per heavy atom. The van der Waals surface area contributed by atoms with Crippen molar-refractivity contribution in [3.63, 3.8) is 0 Å². The van der Waals surface area contributed by atoms with E-state index in [4.69, 9.17) is 10.5 Å². The van der Waals surface area contributed by atoms with Gasteiger partial charge in [-0.1, -0.05) is 26.0 Å². The summed E-state index contributed by atoms with van der Waals surface area (Å²) in [7, 11) is 0. The largest absolute Gasteiger partial charge is 0.439 e. The molecule has 22 heavy (non-hydrogen) atoms. The first-order chi connectivity index (χ1) is 10.5. The summed E-state index contributed by atoms with van der Waals surface area (Å²) in [6.07, 6.45) is 2.38. The highest BCUT2D eigenvalue weighted by Crippen LogP contribution is 2.20. The molecule has 0 bridgehead atoms. The van der Waals surface area contributed by atoms with Crippen LogP contribution in [-0.2, 0) is 6.42 Å². The zero-order chi connectivity index (χ0) is 15.9. The fourth-order valence-electron chi connectivity index (χ4n) is 1.94. The second-order valence-electron chi connectivity index (χ2n) is 5.35. The molecule has 5 heteroatoms. The number of hydrogen-bond donors (Lipinski definition) is 2. The Morgan fingerprint density at radius 2 is 1.95 bits per heavy atom. The van der Waals surface area contributed by atoms with E-state index in [0.717, 1.165) is 13.0 Å². The number of carbonyl (C=O) groups is 1. The number of rotatable bonds is 7. The minimum Gasteiger partial charge on any atom is -0.439 e. The molecule has 0 spiro atoms. The molecule has 0 atom stereocenters. The van der Waals surface area contributed by atoms with E-state index in [1.54, 1.807) is 12.1 Å². The van der Waals surface area contributed by atoms with Crippen LogP contribution >= 0.6 is 0 Å². The van der Waals surface area contributed by atoms with Crippen LogP contribution in [0, 0.1) is 0 Å². The first-order valence-electron chi connectivity index (χ1n) is 7.30. The number of nitrogens with two attached hydrogens (primary N) is 1. The van der Waals surface area contributed by atoms with Crippen LogP contribution in [0.4, 0.5) is 0 Å². The lowest BCUT2D eigenvalue weighted by atomic mass is 10.1. The molecule has 5 nitrogen and oxygen atoms in total. The maximum atomic E-state index is 11.0. The molecule has 0 unspecified atom stereocenters. The third-order valence-corrected chi connectivity index (χ3v) is 3.13. The highest BCUT2D eigenvalue weighted by molar-refractivity contribution is 5.92. The molecule has 1 aromatic carbocycles. The lowest BCUT2D eigenvalue weighted by molar-refractivity contribution is 0.1000. The SMILES string of the molecule is CC(C)NCCc1ccc(Oc2ccc(C(N)=O)cn2)cc1. The molecular weight excluding hydrogens is 278 g/mol. The zero-order valence-corrected chi connectivity index (χ0v) is 12.9. The number of benzene rings is 1. The van der Waals surface area contributed by atoms with Gasteiger partial charge in [-0.05, 0) is 36.7 Å². The number of amides is 1. The third-order valence-electron chi connectivity index (χ3n) is 3.13. The normalized spacial score (nSPS) is 10.7. The van der Waals surface area contributed by atoms with Crippen molar-refractivity contribution in [3.8, 4) is 11.6 Å². The van der Waals surface area contributed by atoms with Gasteiger partial charge in [-0.25, -0.2) is 4.98 Å². The van der Waals surface area contributed by atoms with Gasteiger partial charge in [0.25, 0.3) is 0 Å². The van der Waals surface area contributed by atoms with Crippen LogP contribution in [0.5, 0.6) is 11.6 Å². The molecule has 0 radical (unpaired) electrons. The van der Waals surface area contributed by atoms with Gasteiger partial charge in [0, 0.05) is 18.3 Å². The number of primary amides is 1. The molecule has 0 aliphatic heterocycles. The lowest BCUT2D eigenvalue weighted by Gasteiger charge is -2.09. The van der Waals surface area contributed by atoms with Crippen LogP contribution < -0.4 is 15.8 Å². The smallest absolute Gasteiger partial charge is 0.250 e. The van der Waals surface area contributed by atoms with Gasteiger partial charge in [-0.3, -0.25) is 4.79 Å². The van der Waals surface area contributed by atoms with Crippen molar-refractivity contribution in [3.05, 3.63) is 53.7 Å². The minimum absolute atomic E-state index is 0.361. The van der Waals surface area contributed by atoms with Crippen LogP contribution in [0.1, 0.15) is 29.8 Å². The highest BCUT2D eigenvalue weighted by Gasteiger charge is 2.03. The van der Waals surface area contributed by atoms with Crippen LogP contribution in [0.25, 0.3) is 0 Å². The number of pyridine rings is 1. The summed E-state index contributed by atoms with van der Waals surface area (Å²) < 4.78 is 5.63. The Labute approximate surface area is 130 Å². The Bertz CT molecular complexity index is 607. The van der Waals surface area contributed by atoms with Crippen molar-refractivity contribution in [2.75, 3.05) is 6.54 Å². The summed E-state index contributed by atoms with van der Waals surface area (Å²) in [6, 6.07) is 11.6. The van der Waals surface area contributed by atoms with E-state index in [9.17, 15) is 4.79 Å². The predicted molar refractivity (Wildman–Crippen MR) is 86.1 cm³/mol. The van der Waals surface area contributed by atoms with Gasteiger partial charge in [0.15, 0.2) is 0 Å². The zero-order valence-electron chi connectivity index (χ0n) is 12.9. The van der Waals surface area contributed by atoms with E-state index < -0.39 is 5.91 Å². The van der Waals surface area contributed by atoms with Crippen molar-refractivity contribution >= 4 is 5.91 Å². The number of carbonyl (C=O) groups excluding carboxylic acids is 1. The fourth-order valence-corrected chi connectivity index (χ4v) is 1.94. The topological polar surface area (TPSA) is 77.2 Å². The summed E-state index contributed by atoms with van der Waals surface area (Å²) in [6.45, 7) is 5.22. The molecule has 116 valence electrons. The molecule has 0 aliphatic rings. The molecule has 0 fully saturated rings. The van der Waals surface area contributed by atoms with E-state index in [1.807, 2.05) is 24.3 Å². The second-order valence-corrected chi connectivity index (χ2v) is 5.35. The maximum Gasteiger partial charge on any atom is 0.250 e. The van der Waals surface area contributed by atoms with Crippen LogP contribution in [0.15, 0.2) is 42.6 Å². The Kier molecular flexibility index (Phi) is 5.49. The summed E-state index contributed by atoms with van der Waals surface area (Å²) in [5, 5.41) is 3.38. The van der Waals surface area contributed by atoms with Crippen molar-refractivity contribution in [1.82, 2.24) is 10.3 Å². The Hall–Kier alpha value is -2.40. The van der Waals surface area contributed by atoms with Crippen molar-refractivity contribution in [2.24, 2.45) is 5.73 Å². The second kappa shape index (κ2) is 7.56. The first-order valence-corrected chi connectivity index (χ1v) is 7.30. The van der Waals surface area contributed by atoms with E-state index in [-0.39, 0.29) is 0 Å². The molecule has 2 rings (SSSR count). The third kappa shape index (κ3) is 4.86. The van der Waals surface area contributed by atoms with Gasteiger partial charge in [0.2, 0.25) is 11.8 Å². The molecular formula is C17H21N3O2. The molecule has 0 aliphatic carbocycles. The van der Waals surface area contributed by atoms with Crippen molar-refractivity contribution in [1.29, 1.82) is 0 Å². The number of nitrogens with one attached hydrogen (secondary N) is 1. The Balaban J connectivity index is 1.91. The van der Waals surface area contributed by atoms with E-state index >= 15 is 0 Å². The Morgan fingerprint density at radius 3 is 2.50 bits per heavy atom. The fraction of sp³-hybridized carbons (Fsp3) is 0.294. The van der Waals surface area contributed by atoms with E-state index in [1.165, 1.54) is 11.8 Å². The van der Waals surface area contributed by atoms with Gasteiger partial charge < -0.3 is 15.8 Å². The molecule has 0 saturated carbocycles. The van der Waals surface area contributed by atoms with E-state index in [0.29, 0.717) is 23.2 Å². The first kappa shape index (κ1) is 16.0. The molecule has 2 aromatic rings. The van der Waals surface area contributed by atoms with Gasteiger partial charge >= 0.3 is 0 Å². The minimum atomic E-state index is -0.501. The molecule has 1 amide bonds. The monoisotopic (exact) mass is 299 g/mol. The van der Waals surface area contributed by atoms with Gasteiger partial charge in [0.1, 0.15) is 5.75 Å². The lowest BCUT2D eigenvalue weighted by Crippen LogP contribution is -2.24. The van der Waals surface area contributed by atoms with Gasteiger partial charge in [-0.15, -0.1) is 0 Å². The average molecular weight is 299 g/mol. The number of aromatic nitrogens is 1. The molecule has 0 saturated heterocycles. The van der Waals surface area contributed by atoms with E-state index in [2.05, 4.69) is 24.1 Å². The molecule has 1 aromatic heterocycles. The summed E-state index contributed by atoms with van der Waals surface area (Å²) in [5.41, 5.74) is 6.78. The summed E-state index contributed by atoms with van der Waals surface area (Å²) >= 11 is 0. The van der Waals surface area contributed by atoms with Crippen LogP contribution in [-0.4, -0.2) is 23.5 Å². The average Bonchev–Trinajstić information content (AvgIpc) is 2.49. The predicted octanol–water partition coefficient (Wildman–Crippen LogP) is 2.51.